The molecule has 0 radical (unpaired) electrons. The Hall–Kier alpha value is -0.240. The van der Waals surface area contributed by atoms with Crippen LogP contribution >= 0.6 is 11.6 Å². The Bertz CT molecular complexity index is 273. The summed E-state index contributed by atoms with van der Waals surface area (Å²) < 4.78 is 0. The zero-order valence-corrected chi connectivity index (χ0v) is 10.5. The van der Waals surface area contributed by atoms with Crippen LogP contribution in [-0.4, -0.2) is 29.3 Å². The number of rotatable bonds is 2. The lowest BCUT2D eigenvalue weighted by Gasteiger charge is -2.23. The second kappa shape index (κ2) is 3.65. The summed E-state index contributed by atoms with van der Waals surface area (Å²) in [5.74, 6) is 1.17. The van der Waals surface area contributed by atoms with Gasteiger partial charge in [0.05, 0.1) is 5.38 Å². The lowest BCUT2D eigenvalue weighted by atomic mass is 9.92. The number of hydrogen-bond donors (Lipinski definition) is 0. The fourth-order valence-corrected chi connectivity index (χ4v) is 2.59. The van der Waals surface area contributed by atoms with E-state index in [-0.39, 0.29) is 16.7 Å². The molecule has 0 aromatic carbocycles. The molecular weight excluding hydrogens is 210 g/mol. The zero-order valence-electron chi connectivity index (χ0n) is 9.79. The molecule has 1 aliphatic carbocycles. The predicted molar refractivity (Wildman–Crippen MR) is 61.9 cm³/mol. The molecule has 0 aromatic rings. The van der Waals surface area contributed by atoms with E-state index < -0.39 is 0 Å². The van der Waals surface area contributed by atoms with E-state index in [0.29, 0.717) is 11.8 Å². The quantitative estimate of drug-likeness (QED) is 0.667. The maximum absolute atomic E-state index is 12.1. The molecule has 1 aliphatic heterocycles. The van der Waals surface area contributed by atoms with Crippen molar-refractivity contribution in [3.05, 3.63) is 0 Å². The SMILES string of the molecule is CC(C(=O)N1CC(Cl)C(C)(C)C1)C1CC1. The third-order valence-electron chi connectivity index (χ3n) is 3.86. The highest BCUT2D eigenvalue weighted by atomic mass is 35.5. The van der Waals surface area contributed by atoms with Gasteiger partial charge >= 0.3 is 0 Å². The number of alkyl halides is 1. The molecule has 0 bridgehead atoms. The van der Waals surface area contributed by atoms with E-state index in [1.54, 1.807) is 0 Å². The van der Waals surface area contributed by atoms with Crippen molar-refractivity contribution in [2.24, 2.45) is 17.3 Å². The second-order valence-electron chi connectivity index (χ2n) is 5.80. The van der Waals surface area contributed by atoms with E-state index in [9.17, 15) is 4.79 Å². The summed E-state index contributed by atoms with van der Waals surface area (Å²) in [6.45, 7) is 7.88. The van der Waals surface area contributed by atoms with Gasteiger partial charge in [0, 0.05) is 24.4 Å². The van der Waals surface area contributed by atoms with Gasteiger partial charge in [-0.1, -0.05) is 20.8 Å². The summed E-state index contributed by atoms with van der Waals surface area (Å²) in [5, 5.41) is 0.104. The number of likely N-dealkylation sites (tertiary alicyclic amines) is 1. The van der Waals surface area contributed by atoms with Gasteiger partial charge in [0.1, 0.15) is 0 Å². The van der Waals surface area contributed by atoms with Gasteiger partial charge in [0.15, 0.2) is 0 Å². The van der Waals surface area contributed by atoms with Crippen molar-refractivity contribution in [1.82, 2.24) is 4.90 Å². The van der Waals surface area contributed by atoms with E-state index in [1.165, 1.54) is 12.8 Å². The zero-order chi connectivity index (χ0) is 11.2. The molecule has 0 N–H and O–H groups in total. The van der Waals surface area contributed by atoms with E-state index in [0.717, 1.165) is 13.1 Å². The van der Waals surface area contributed by atoms with Crippen LogP contribution in [-0.2, 0) is 4.79 Å². The maximum Gasteiger partial charge on any atom is 0.225 e. The van der Waals surface area contributed by atoms with E-state index in [1.807, 2.05) is 4.90 Å². The molecule has 1 heterocycles. The van der Waals surface area contributed by atoms with Crippen molar-refractivity contribution in [1.29, 1.82) is 0 Å². The predicted octanol–water partition coefficient (Wildman–Crippen LogP) is 2.51. The van der Waals surface area contributed by atoms with Crippen molar-refractivity contribution < 1.29 is 4.79 Å². The fourth-order valence-electron chi connectivity index (χ4n) is 2.35. The Labute approximate surface area is 97.0 Å². The highest BCUT2D eigenvalue weighted by Crippen LogP contribution is 2.40. The number of carbonyl (C=O) groups excluding carboxylic acids is 1. The Morgan fingerprint density at radius 1 is 1.47 bits per heavy atom. The number of nitrogens with zero attached hydrogens (tertiary/aromatic N) is 1. The molecular formula is C12H20ClNO. The van der Waals surface area contributed by atoms with Crippen molar-refractivity contribution in [3.8, 4) is 0 Å². The molecule has 1 saturated carbocycles. The van der Waals surface area contributed by atoms with E-state index in [4.69, 9.17) is 11.6 Å². The Morgan fingerprint density at radius 2 is 2.07 bits per heavy atom. The third kappa shape index (κ3) is 2.15. The van der Waals surface area contributed by atoms with Crippen molar-refractivity contribution in [2.45, 2.75) is 39.0 Å². The maximum atomic E-state index is 12.1. The van der Waals surface area contributed by atoms with Gasteiger partial charge < -0.3 is 4.90 Å². The lowest BCUT2D eigenvalue weighted by Crippen LogP contribution is -2.35. The fraction of sp³-hybridized carbons (Fsp3) is 0.917. The molecule has 2 nitrogen and oxygen atoms in total. The molecule has 2 aliphatic rings. The topological polar surface area (TPSA) is 20.3 Å². The van der Waals surface area contributed by atoms with Crippen LogP contribution in [0.3, 0.4) is 0 Å². The summed E-state index contributed by atoms with van der Waals surface area (Å²) in [4.78, 5) is 14.1. The molecule has 2 fully saturated rings. The van der Waals surface area contributed by atoms with Crippen LogP contribution in [0.2, 0.25) is 0 Å². The average Bonchev–Trinajstić information content (AvgIpc) is 2.93. The lowest BCUT2D eigenvalue weighted by molar-refractivity contribution is -0.134. The number of halogens is 1. The van der Waals surface area contributed by atoms with Gasteiger partial charge in [-0.05, 0) is 18.8 Å². The van der Waals surface area contributed by atoms with Gasteiger partial charge in [0.2, 0.25) is 5.91 Å². The first kappa shape index (κ1) is 11.3. The van der Waals surface area contributed by atoms with Crippen LogP contribution in [0.4, 0.5) is 0 Å². The van der Waals surface area contributed by atoms with Crippen molar-refractivity contribution in [2.75, 3.05) is 13.1 Å². The molecule has 0 spiro atoms. The van der Waals surface area contributed by atoms with Gasteiger partial charge in [-0.25, -0.2) is 0 Å². The summed E-state index contributed by atoms with van der Waals surface area (Å²) in [7, 11) is 0. The van der Waals surface area contributed by atoms with Crippen molar-refractivity contribution >= 4 is 17.5 Å². The average molecular weight is 230 g/mol. The first-order valence-corrected chi connectivity index (χ1v) is 6.28. The van der Waals surface area contributed by atoms with E-state index >= 15 is 0 Å². The Kier molecular flexibility index (Phi) is 2.74. The molecule has 86 valence electrons. The minimum absolute atomic E-state index is 0.0699. The standard InChI is InChI=1S/C12H20ClNO/c1-8(9-4-5-9)11(15)14-6-10(13)12(2,3)7-14/h8-10H,4-7H2,1-3H3. The third-order valence-corrected chi connectivity index (χ3v) is 4.59. The molecule has 0 aromatic heterocycles. The molecule has 3 heteroatoms. The van der Waals surface area contributed by atoms with Gasteiger partial charge in [-0.2, -0.15) is 0 Å². The molecule has 1 amide bonds. The second-order valence-corrected chi connectivity index (χ2v) is 6.33. The number of carbonyl (C=O) groups is 1. The molecule has 1 saturated heterocycles. The van der Waals surface area contributed by atoms with Crippen LogP contribution in [0.5, 0.6) is 0 Å². The van der Waals surface area contributed by atoms with Crippen LogP contribution < -0.4 is 0 Å². The van der Waals surface area contributed by atoms with Gasteiger partial charge in [0.25, 0.3) is 0 Å². The first-order chi connectivity index (χ1) is 6.92. The monoisotopic (exact) mass is 229 g/mol. The highest BCUT2D eigenvalue weighted by molar-refractivity contribution is 6.21. The van der Waals surface area contributed by atoms with Crippen molar-refractivity contribution in [3.63, 3.8) is 0 Å². The number of hydrogen-bond acceptors (Lipinski definition) is 1. The summed E-state index contributed by atoms with van der Waals surface area (Å²) in [5.41, 5.74) is 0.0699. The van der Waals surface area contributed by atoms with Crippen LogP contribution in [0.15, 0.2) is 0 Å². The van der Waals surface area contributed by atoms with Gasteiger partial charge in [-0.15, -0.1) is 11.6 Å². The first-order valence-electron chi connectivity index (χ1n) is 5.84. The molecule has 2 atom stereocenters. The van der Waals surface area contributed by atoms with Crippen LogP contribution in [0, 0.1) is 17.3 Å². The summed E-state index contributed by atoms with van der Waals surface area (Å²) >= 11 is 6.25. The molecule has 2 rings (SSSR count). The summed E-state index contributed by atoms with van der Waals surface area (Å²) in [6.07, 6.45) is 2.46. The van der Waals surface area contributed by atoms with Crippen LogP contribution in [0.25, 0.3) is 0 Å². The number of amides is 1. The smallest absolute Gasteiger partial charge is 0.225 e. The molecule has 2 unspecified atom stereocenters. The minimum atomic E-state index is 0.0699. The largest absolute Gasteiger partial charge is 0.340 e. The summed E-state index contributed by atoms with van der Waals surface area (Å²) in [6, 6.07) is 0. The minimum Gasteiger partial charge on any atom is -0.340 e. The Morgan fingerprint density at radius 3 is 2.47 bits per heavy atom. The van der Waals surface area contributed by atoms with E-state index in [2.05, 4.69) is 20.8 Å². The molecule has 15 heavy (non-hydrogen) atoms. The van der Waals surface area contributed by atoms with Crippen LogP contribution in [0.1, 0.15) is 33.6 Å². The Balaban J connectivity index is 1.97. The van der Waals surface area contributed by atoms with Gasteiger partial charge in [-0.3, -0.25) is 4.79 Å². The highest BCUT2D eigenvalue weighted by Gasteiger charge is 2.43. The normalized spacial score (nSPS) is 31.7.